The Morgan fingerprint density at radius 3 is 2.72 bits per heavy atom. The molecule has 0 bridgehead atoms. The fourth-order valence-corrected chi connectivity index (χ4v) is 2.12. The van der Waals surface area contributed by atoms with Crippen LogP contribution >= 0.6 is 0 Å². The Balaban J connectivity index is 2.25. The smallest absolute Gasteiger partial charge is 0.255 e. The van der Waals surface area contributed by atoms with E-state index in [1.54, 1.807) is 0 Å². The predicted molar refractivity (Wildman–Crippen MR) is 66.1 cm³/mol. The number of rotatable bonds is 3. The van der Waals surface area contributed by atoms with Crippen molar-refractivity contribution in [2.45, 2.75) is 6.04 Å². The molecule has 1 aliphatic heterocycles. The van der Waals surface area contributed by atoms with Crippen molar-refractivity contribution in [3.8, 4) is 0 Å². The highest BCUT2D eigenvalue weighted by atomic mass is 16.2. The van der Waals surface area contributed by atoms with Crippen molar-refractivity contribution in [3.05, 3.63) is 35.9 Å². The van der Waals surface area contributed by atoms with Crippen LogP contribution in [0.3, 0.4) is 0 Å². The number of hydrogen-bond acceptors (Lipinski definition) is 4. The van der Waals surface area contributed by atoms with Crippen molar-refractivity contribution in [1.29, 1.82) is 0 Å². The van der Waals surface area contributed by atoms with Crippen LogP contribution in [0.15, 0.2) is 30.3 Å². The molecule has 0 radical (unpaired) electrons. The monoisotopic (exact) mass is 248 g/mol. The van der Waals surface area contributed by atoms with Crippen molar-refractivity contribution in [2.24, 2.45) is 5.84 Å². The number of piperazine rings is 1. The molecule has 1 aliphatic rings. The lowest BCUT2D eigenvalue weighted by atomic mass is 10.0. The molecular weight excluding hydrogens is 232 g/mol. The number of carbonyl (C=O) groups is 2. The summed E-state index contributed by atoms with van der Waals surface area (Å²) in [7, 11) is 0. The van der Waals surface area contributed by atoms with Gasteiger partial charge < -0.3 is 5.32 Å². The Labute approximate surface area is 105 Å². The molecule has 1 heterocycles. The predicted octanol–water partition coefficient (Wildman–Crippen LogP) is -0.851. The van der Waals surface area contributed by atoms with Gasteiger partial charge in [0.25, 0.3) is 5.91 Å². The number of nitrogens with zero attached hydrogens (tertiary/aromatic N) is 1. The van der Waals surface area contributed by atoms with Gasteiger partial charge in [-0.2, -0.15) is 0 Å². The number of benzene rings is 1. The first-order valence-electron chi connectivity index (χ1n) is 5.78. The van der Waals surface area contributed by atoms with E-state index in [-0.39, 0.29) is 18.4 Å². The molecule has 0 aliphatic carbocycles. The summed E-state index contributed by atoms with van der Waals surface area (Å²) in [5, 5.41) is 2.73. The van der Waals surface area contributed by atoms with Gasteiger partial charge in [0.1, 0.15) is 6.04 Å². The zero-order valence-corrected chi connectivity index (χ0v) is 9.93. The summed E-state index contributed by atoms with van der Waals surface area (Å²) in [5.41, 5.74) is 2.99. The Morgan fingerprint density at radius 2 is 2.11 bits per heavy atom. The average molecular weight is 248 g/mol. The molecule has 1 aromatic carbocycles. The minimum Gasteiger partial charge on any atom is -0.354 e. The summed E-state index contributed by atoms with van der Waals surface area (Å²) in [6.07, 6.45) is 0. The van der Waals surface area contributed by atoms with Crippen LogP contribution in [0.4, 0.5) is 0 Å². The summed E-state index contributed by atoms with van der Waals surface area (Å²) in [5.74, 6) is 4.84. The molecule has 1 saturated heterocycles. The van der Waals surface area contributed by atoms with Crippen molar-refractivity contribution in [2.75, 3.05) is 19.6 Å². The highest BCUT2D eigenvalue weighted by Crippen LogP contribution is 2.21. The Bertz CT molecular complexity index is 435. The van der Waals surface area contributed by atoms with Crippen molar-refractivity contribution >= 4 is 11.8 Å². The van der Waals surface area contributed by atoms with Crippen molar-refractivity contribution in [3.63, 3.8) is 0 Å². The number of amides is 2. The molecule has 1 fully saturated rings. The molecule has 0 aromatic heterocycles. The van der Waals surface area contributed by atoms with Gasteiger partial charge in [-0.1, -0.05) is 30.3 Å². The minimum atomic E-state index is -0.526. The third-order valence-electron chi connectivity index (χ3n) is 2.94. The number of nitrogens with two attached hydrogens (primary N) is 1. The number of nitrogens with one attached hydrogen (secondary N) is 2. The lowest BCUT2D eigenvalue weighted by Gasteiger charge is -2.33. The van der Waals surface area contributed by atoms with E-state index in [0.717, 1.165) is 5.56 Å². The van der Waals surface area contributed by atoms with Gasteiger partial charge in [-0.25, -0.2) is 5.84 Å². The van der Waals surface area contributed by atoms with Crippen LogP contribution in [0.2, 0.25) is 0 Å². The molecule has 1 aromatic rings. The Morgan fingerprint density at radius 1 is 1.39 bits per heavy atom. The first-order chi connectivity index (χ1) is 8.72. The van der Waals surface area contributed by atoms with Gasteiger partial charge in [0.2, 0.25) is 5.91 Å². The molecule has 96 valence electrons. The molecule has 1 atom stereocenters. The van der Waals surface area contributed by atoms with Crippen LogP contribution in [0.25, 0.3) is 0 Å². The molecule has 0 saturated carbocycles. The third kappa shape index (κ3) is 2.66. The first-order valence-corrected chi connectivity index (χ1v) is 5.78. The molecule has 2 amide bonds. The SMILES string of the molecule is NNC(=O)C(c1ccccc1)N1CCNC(=O)C1. The lowest BCUT2D eigenvalue weighted by molar-refractivity contribution is -0.131. The molecular formula is C12H16N4O2. The molecule has 4 N–H and O–H groups in total. The van der Waals surface area contributed by atoms with E-state index in [4.69, 9.17) is 5.84 Å². The average Bonchev–Trinajstić information content (AvgIpc) is 2.40. The quantitative estimate of drug-likeness (QED) is 0.369. The summed E-state index contributed by atoms with van der Waals surface area (Å²) >= 11 is 0. The van der Waals surface area contributed by atoms with Crippen LogP contribution < -0.4 is 16.6 Å². The number of hydrazine groups is 1. The highest BCUT2D eigenvalue weighted by Gasteiger charge is 2.30. The van der Waals surface area contributed by atoms with Gasteiger partial charge in [0.15, 0.2) is 0 Å². The normalized spacial score (nSPS) is 17.9. The number of carbonyl (C=O) groups excluding carboxylic acids is 2. The maximum absolute atomic E-state index is 11.9. The Kier molecular flexibility index (Phi) is 3.91. The minimum absolute atomic E-state index is 0.0768. The summed E-state index contributed by atoms with van der Waals surface area (Å²) < 4.78 is 0. The second kappa shape index (κ2) is 5.61. The Hall–Kier alpha value is -1.92. The van der Waals surface area contributed by atoms with Crippen LogP contribution in [-0.4, -0.2) is 36.3 Å². The van der Waals surface area contributed by atoms with E-state index >= 15 is 0 Å². The molecule has 6 heteroatoms. The summed E-state index contributed by atoms with van der Waals surface area (Å²) in [6, 6.07) is 8.77. The molecule has 18 heavy (non-hydrogen) atoms. The van der Waals surface area contributed by atoms with E-state index in [1.807, 2.05) is 35.2 Å². The molecule has 2 rings (SSSR count). The number of hydrogen-bond donors (Lipinski definition) is 3. The zero-order valence-electron chi connectivity index (χ0n) is 9.93. The van der Waals surface area contributed by atoms with Crippen LogP contribution in [0.1, 0.15) is 11.6 Å². The zero-order chi connectivity index (χ0) is 13.0. The second-order valence-corrected chi connectivity index (χ2v) is 4.14. The van der Waals surface area contributed by atoms with E-state index in [9.17, 15) is 9.59 Å². The van der Waals surface area contributed by atoms with Crippen LogP contribution in [0.5, 0.6) is 0 Å². The third-order valence-corrected chi connectivity index (χ3v) is 2.94. The van der Waals surface area contributed by atoms with Gasteiger partial charge in [-0.3, -0.25) is 19.9 Å². The van der Waals surface area contributed by atoms with E-state index in [0.29, 0.717) is 13.1 Å². The van der Waals surface area contributed by atoms with Crippen molar-refractivity contribution in [1.82, 2.24) is 15.6 Å². The highest BCUT2D eigenvalue weighted by molar-refractivity contribution is 5.84. The van der Waals surface area contributed by atoms with E-state index in [1.165, 1.54) is 0 Å². The van der Waals surface area contributed by atoms with E-state index < -0.39 is 6.04 Å². The first kappa shape index (κ1) is 12.5. The molecule has 6 nitrogen and oxygen atoms in total. The van der Waals surface area contributed by atoms with Gasteiger partial charge in [0, 0.05) is 13.1 Å². The van der Waals surface area contributed by atoms with Gasteiger partial charge in [-0.05, 0) is 5.56 Å². The molecule has 0 spiro atoms. The fraction of sp³-hybridized carbons (Fsp3) is 0.333. The summed E-state index contributed by atoms with van der Waals surface area (Å²) in [4.78, 5) is 25.1. The largest absolute Gasteiger partial charge is 0.354 e. The summed E-state index contributed by atoms with van der Waals surface area (Å²) in [6.45, 7) is 1.37. The topological polar surface area (TPSA) is 87.5 Å². The fourth-order valence-electron chi connectivity index (χ4n) is 2.12. The van der Waals surface area contributed by atoms with Crippen LogP contribution in [0, 0.1) is 0 Å². The standard InChI is InChI=1S/C12H16N4O2/c13-15-12(18)11(9-4-2-1-3-5-9)16-7-6-14-10(17)8-16/h1-5,11H,6-8,13H2,(H,14,17)(H,15,18). The van der Waals surface area contributed by atoms with Gasteiger partial charge >= 0.3 is 0 Å². The van der Waals surface area contributed by atoms with Crippen molar-refractivity contribution < 1.29 is 9.59 Å². The second-order valence-electron chi connectivity index (χ2n) is 4.14. The molecule has 1 unspecified atom stereocenters. The maximum atomic E-state index is 11.9. The van der Waals surface area contributed by atoms with E-state index in [2.05, 4.69) is 10.7 Å². The van der Waals surface area contributed by atoms with Gasteiger partial charge in [0.05, 0.1) is 6.54 Å². The lowest BCUT2D eigenvalue weighted by Crippen LogP contribution is -2.52. The van der Waals surface area contributed by atoms with Crippen LogP contribution in [-0.2, 0) is 9.59 Å². The maximum Gasteiger partial charge on any atom is 0.255 e. The van der Waals surface area contributed by atoms with Gasteiger partial charge in [-0.15, -0.1) is 0 Å².